The number of carbonyl (C=O) groups is 1. The fourth-order valence-electron chi connectivity index (χ4n) is 1.84. The van der Waals surface area contributed by atoms with Crippen LogP contribution >= 0.6 is 0 Å². The molecule has 1 aromatic carbocycles. The van der Waals surface area contributed by atoms with Gasteiger partial charge in [0.2, 0.25) is 0 Å². The molecule has 1 aromatic rings. The van der Waals surface area contributed by atoms with Crippen molar-refractivity contribution in [3.8, 4) is 0 Å². The Morgan fingerprint density at radius 2 is 1.95 bits per heavy atom. The molecule has 0 amide bonds. The van der Waals surface area contributed by atoms with Gasteiger partial charge in [-0.15, -0.1) is 0 Å². The van der Waals surface area contributed by atoms with Crippen LogP contribution in [0.3, 0.4) is 0 Å². The topological polar surface area (TPSA) is 44.8 Å². The lowest BCUT2D eigenvalue weighted by molar-refractivity contribution is -0.280. The van der Waals surface area contributed by atoms with E-state index in [1.807, 2.05) is 13.0 Å². The van der Waals surface area contributed by atoms with Crippen molar-refractivity contribution in [3.05, 3.63) is 35.9 Å². The first-order chi connectivity index (χ1) is 9.67. The van der Waals surface area contributed by atoms with E-state index in [1.165, 1.54) is 0 Å². The van der Waals surface area contributed by atoms with E-state index in [0.717, 1.165) is 19.3 Å². The maximum absolute atomic E-state index is 11.8. The van der Waals surface area contributed by atoms with Gasteiger partial charge in [-0.1, -0.05) is 38.0 Å². The Bertz CT molecular complexity index is 377. The maximum Gasteiger partial charge on any atom is 0.373 e. The van der Waals surface area contributed by atoms with Gasteiger partial charge in [-0.3, -0.25) is 4.89 Å². The van der Waals surface area contributed by atoms with Crippen LogP contribution in [0.1, 0.15) is 49.9 Å². The van der Waals surface area contributed by atoms with Crippen LogP contribution in [-0.4, -0.2) is 25.3 Å². The highest BCUT2D eigenvalue weighted by Crippen LogP contribution is 2.14. The number of hydrogen-bond donors (Lipinski definition) is 0. The minimum absolute atomic E-state index is 0.0762. The Labute approximate surface area is 121 Å². The first-order valence-corrected chi connectivity index (χ1v) is 7.12. The first kappa shape index (κ1) is 16.7. The van der Waals surface area contributed by atoms with E-state index >= 15 is 0 Å². The molecule has 2 unspecified atom stereocenters. The van der Waals surface area contributed by atoms with Gasteiger partial charge in [0.05, 0.1) is 11.7 Å². The van der Waals surface area contributed by atoms with Gasteiger partial charge in [0.25, 0.3) is 0 Å². The van der Waals surface area contributed by atoms with Crippen LogP contribution in [0.5, 0.6) is 0 Å². The first-order valence-electron chi connectivity index (χ1n) is 7.12. The summed E-state index contributed by atoms with van der Waals surface area (Å²) in [5.41, 5.74) is 0.488. The molecule has 1 rings (SSSR count). The van der Waals surface area contributed by atoms with E-state index in [2.05, 4.69) is 6.92 Å². The summed E-state index contributed by atoms with van der Waals surface area (Å²) in [5, 5.41) is 0. The second kappa shape index (κ2) is 9.50. The molecule has 0 aliphatic rings. The predicted molar refractivity (Wildman–Crippen MR) is 77.3 cm³/mol. The van der Waals surface area contributed by atoms with Gasteiger partial charge in [0.1, 0.15) is 6.10 Å². The number of unbranched alkanes of at least 4 members (excludes halogenated alkanes) is 1. The van der Waals surface area contributed by atoms with Crippen molar-refractivity contribution in [2.75, 3.05) is 7.11 Å². The molecule has 0 spiro atoms. The highest BCUT2D eigenvalue weighted by atomic mass is 17.2. The average molecular weight is 280 g/mol. The van der Waals surface area contributed by atoms with Crippen LogP contribution in [0.15, 0.2) is 30.3 Å². The second-order valence-electron chi connectivity index (χ2n) is 4.88. The van der Waals surface area contributed by atoms with Crippen LogP contribution in [0.2, 0.25) is 0 Å². The molecule has 4 heteroatoms. The summed E-state index contributed by atoms with van der Waals surface area (Å²) in [6.45, 7) is 4.09. The third-order valence-corrected chi connectivity index (χ3v) is 3.15. The number of hydrogen-bond acceptors (Lipinski definition) is 4. The number of methoxy groups -OCH3 is 1. The van der Waals surface area contributed by atoms with Crippen molar-refractivity contribution in [1.82, 2.24) is 0 Å². The minimum atomic E-state index is -0.461. The molecule has 0 radical (unpaired) electrons. The lowest BCUT2D eigenvalue weighted by Gasteiger charge is -2.19. The summed E-state index contributed by atoms with van der Waals surface area (Å²) in [6, 6.07) is 8.83. The van der Waals surface area contributed by atoms with Crippen molar-refractivity contribution in [2.45, 2.75) is 51.7 Å². The van der Waals surface area contributed by atoms with Gasteiger partial charge in [0.15, 0.2) is 0 Å². The zero-order chi connectivity index (χ0) is 14.8. The lowest BCUT2D eigenvalue weighted by Crippen LogP contribution is -2.22. The zero-order valence-electron chi connectivity index (χ0n) is 12.5. The van der Waals surface area contributed by atoms with E-state index < -0.39 is 5.97 Å². The van der Waals surface area contributed by atoms with Crippen molar-refractivity contribution >= 4 is 5.97 Å². The van der Waals surface area contributed by atoms with Crippen LogP contribution < -0.4 is 0 Å². The number of benzene rings is 1. The van der Waals surface area contributed by atoms with E-state index in [1.54, 1.807) is 31.4 Å². The molecule has 20 heavy (non-hydrogen) atoms. The third-order valence-electron chi connectivity index (χ3n) is 3.15. The summed E-state index contributed by atoms with van der Waals surface area (Å²) in [6.07, 6.45) is 3.62. The number of rotatable bonds is 9. The Hall–Kier alpha value is -1.39. The van der Waals surface area contributed by atoms with Gasteiger partial charge in [-0.2, -0.15) is 4.89 Å². The zero-order valence-corrected chi connectivity index (χ0v) is 12.5. The lowest BCUT2D eigenvalue weighted by atomic mass is 10.1. The van der Waals surface area contributed by atoms with Gasteiger partial charge in [0, 0.05) is 13.5 Å². The summed E-state index contributed by atoms with van der Waals surface area (Å²) in [7, 11) is 1.66. The second-order valence-corrected chi connectivity index (χ2v) is 4.88. The Morgan fingerprint density at radius 1 is 1.25 bits per heavy atom. The molecule has 0 fully saturated rings. The van der Waals surface area contributed by atoms with Crippen molar-refractivity contribution in [3.63, 3.8) is 0 Å². The highest BCUT2D eigenvalue weighted by Gasteiger charge is 2.17. The third kappa shape index (κ3) is 6.17. The van der Waals surface area contributed by atoms with Crippen LogP contribution in [-0.2, 0) is 14.5 Å². The van der Waals surface area contributed by atoms with Crippen LogP contribution in [0, 0.1) is 0 Å². The van der Waals surface area contributed by atoms with E-state index in [0.29, 0.717) is 12.0 Å². The molecule has 0 aliphatic heterocycles. The van der Waals surface area contributed by atoms with Crippen molar-refractivity contribution < 1.29 is 19.3 Å². The normalized spacial score (nSPS) is 13.8. The molecular weight excluding hydrogens is 256 g/mol. The van der Waals surface area contributed by atoms with Gasteiger partial charge < -0.3 is 4.74 Å². The quantitative estimate of drug-likeness (QED) is 0.510. The molecule has 0 bridgehead atoms. The average Bonchev–Trinajstić information content (AvgIpc) is 2.50. The molecule has 2 atom stereocenters. The van der Waals surface area contributed by atoms with Crippen molar-refractivity contribution in [1.29, 1.82) is 0 Å². The predicted octanol–water partition coefficient (Wildman–Crippen LogP) is 3.76. The fraction of sp³-hybridized carbons (Fsp3) is 0.562. The fourth-order valence-corrected chi connectivity index (χ4v) is 1.84. The minimum Gasteiger partial charge on any atom is -0.382 e. The largest absolute Gasteiger partial charge is 0.382 e. The molecule has 0 aromatic heterocycles. The van der Waals surface area contributed by atoms with Gasteiger partial charge >= 0.3 is 5.97 Å². The van der Waals surface area contributed by atoms with Gasteiger partial charge in [-0.05, 0) is 25.5 Å². The summed E-state index contributed by atoms with van der Waals surface area (Å²) in [5.74, 6) is -0.461. The van der Waals surface area contributed by atoms with E-state index in [4.69, 9.17) is 14.5 Å². The molecule has 0 heterocycles. The van der Waals surface area contributed by atoms with E-state index in [9.17, 15) is 4.79 Å². The maximum atomic E-state index is 11.8. The molecule has 0 aliphatic carbocycles. The number of carbonyl (C=O) groups excluding carboxylic acids is 1. The molecule has 0 N–H and O–H groups in total. The molecular formula is C16H24O4. The SMILES string of the molecule is CCCCC(CC(C)OC)OOC(=O)c1ccccc1. The van der Waals surface area contributed by atoms with Gasteiger partial charge in [-0.25, -0.2) is 4.79 Å². The van der Waals surface area contributed by atoms with Crippen molar-refractivity contribution in [2.24, 2.45) is 0 Å². The van der Waals surface area contributed by atoms with Crippen LogP contribution in [0.4, 0.5) is 0 Å². The molecule has 0 saturated carbocycles. The molecule has 4 nitrogen and oxygen atoms in total. The Morgan fingerprint density at radius 3 is 2.55 bits per heavy atom. The van der Waals surface area contributed by atoms with E-state index in [-0.39, 0.29) is 12.2 Å². The standard InChI is InChI=1S/C16H24O4/c1-4-5-11-15(12-13(2)18-3)19-20-16(17)14-9-7-6-8-10-14/h6-10,13,15H,4-5,11-12H2,1-3H3. The Balaban J connectivity index is 2.46. The molecule has 112 valence electrons. The summed E-state index contributed by atoms with van der Waals surface area (Å²) >= 11 is 0. The smallest absolute Gasteiger partial charge is 0.373 e. The number of ether oxygens (including phenoxy) is 1. The summed E-state index contributed by atoms with van der Waals surface area (Å²) < 4.78 is 5.23. The summed E-state index contributed by atoms with van der Waals surface area (Å²) in [4.78, 5) is 22.0. The highest BCUT2D eigenvalue weighted by molar-refractivity contribution is 5.88. The Kier molecular flexibility index (Phi) is 7.92. The molecule has 0 saturated heterocycles. The van der Waals surface area contributed by atoms with Crippen LogP contribution in [0.25, 0.3) is 0 Å². The monoisotopic (exact) mass is 280 g/mol.